The van der Waals surface area contributed by atoms with Crippen molar-refractivity contribution in [2.45, 2.75) is 32.0 Å². The molecule has 0 amide bonds. The lowest BCUT2D eigenvalue weighted by atomic mass is 10.0. The zero-order valence-electron chi connectivity index (χ0n) is 11.3. The van der Waals surface area contributed by atoms with Crippen LogP contribution in [0.2, 0.25) is 0 Å². The fourth-order valence-corrected chi connectivity index (χ4v) is 1.86. The molecule has 6 nitrogen and oxygen atoms in total. The molecule has 1 aromatic heterocycles. The minimum absolute atomic E-state index is 0.0115. The lowest BCUT2D eigenvalue weighted by Crippen LogP contribution is -2.37. The standard InChI is InChI=1S/C13H21N3O3/c1-9(2)19-12-10(14)3-4-11(16-12)15-7-13(17)5-6-18-8-13/h3-4,9,17H,5-8,14H2,1-2H3,(H,15,16). The summed E-state index contributed by atoms with van der Waals surface area (Å²) in [5, 5.41) is 13.2. The molecule has 19 heavy (non-hydrogen) atoms. The molecule has 2 heterocycles. The minimum atomic E-state index is -0.817. The van der Waals surface area contributed by atoms with Gasteiger partial charge in [-0.3, -0.25) is 0 Å². The summed E-state index contributed by atoms with van der Waals surface area (Å²) < 4.78 is 10.7. The van der Waals surface area contributed by atoms with E-state index in [1.165, 1.54) is 0 Å². The summed E-state index contributed by atoms with van der Waals surface area (Å²) in [5.74, 6) is 1.04. The first-order valence-electron chi connectivity index (χ1n) is 6.46. The first-order valence-corrected chi connectivity index (χ1v) is 6.46. The van der Waals surface area contributed by atoms with Crippen molar-refractivity contribution < 1.29 is 14.6 Å². The summed E-state index contributed by atoms with van der Waals surface area (Å²) in [4.78, 5) is 4.29. The van der Waals surface area contributed by atoms with E-state index in [4.69, 9.17) is 15.2 Å². The Balaban J connectivity index is 2.00. The lowest BCUT2D eigenvalue weighted by molar-refractivity contribution is 0.0381. The lowest BCUT2D eigenvalue weighted by Gasteiger charge is -2.21. The first-order chi connectivity index (χ1) is 8.98. The van der Waals surface area contributed by atoms with Gasteiger partial charge in [-0.05, 0) is 26.0 Å². The van der Waals surface area contributed by atoms with Gasteiger partial charge in [0.1, 0.15) is 11.4 Å². The van der Waals surface area contributed by atoms with E-state index < -0.39 is 5.60 Å². The maximum absolute atomic E-state index is 10.2. The number of aromatic nitrogens is 1. The molecule has 4 N–H and O–H groups in total. The van der Waals surface area contributed by atoms with E-state index in [0.29, 0.717) is 43.6 Å². The van der Waals surface area contributed by atoms with Crippen molar-refractivity contribution in [3.05, 3.63) is 12.1 Å². The van der Waals surface area contributed by atoms with E-state index >= 15 is 0 Å². The Morgan fingerprint density at radius 2 is 2.37 bits per heavy atom. The van der Waals surface area contributed by atoms with Crippen molar-refractivity contribution in [1.29, 1.82) is 0 Å². The molecule has 1 aromatic rings. The summed E-state index contributed by atoms with van der Waals surface area (Å²) >= 11 is 0. The van der Waals surface area contributed by atoms with Gasteiger partial charge < -0.3 is 25.6 Å². The van der Waals surface area contributed by atoms with Crippen LogP contribution in [0.1, 0.15) is 20.3 Å². The summed E-state index contributed by atoms with van der Waals surface area (Å²) in [7, 11) is 0. The number of aliphatic hydroxyl groups is 1. The largest absolute Gasteiger partial charge is 0.473 e. The fourth-order valence-electron chi connectivity index (χ4n) is 1.86. The van der Waals surface area contributed by atoms with E-state index in [1.807, 2.05) is 13.8 Å². The number of rotatable bonds is 5. The van der Waals surface area contributed by atoms with Crippen LogP contribution >= 0.6 is 0 Å². The van der Waals surface area contributed by atoms with Crippen LogP contribution in [0.25, 0.3) is 0 Å². The highest BCUT2D eigenvalue weighted by atomic mass is 16.5. The molecule has 1 fully saturated rings. The van der Waals surface area contributed by atoms with Gasteiger partial charge in [0.15, 0.2) is 0 Å². The van der Waals surface area contributed by atoms with Gasteiger partial charge in [0, 0.05) is 19.6 Å². The summed E-state index contributed by atoms with van der Waals surface area (Å²) in [6.07, 6.45) is 0.641. The van der Waals surface area contributed by atoms with Crippen LogP contribution in [-0.4, -0.2) is 41.6 Å². The Bertz CT molecular complexity index is 431. The molecule has 0 aromatic carbocycles. The molecule has 0 bridgehead atoms. The smallest absolute Gasteiger partial charge is 0.239 e. The van der Waals surface area contributed by atoms with Crippen LogP contribution in [-0.2, 0) is 4.74 Å². The Kier molecular flexibility index (Phi) is 4.11. The van der Waals surface area contributed by atoms with Crippen LogP contribution < -0.4 is 15.8 Å². The number of nitrogens with one attached hydrogen (secondary N) is 1. The summed E-state index contributed by atoms with van der Waals surface area (Å²) in [6, 6.07) is 3.50. The monoisotopic (exact) mass is 267 g/mol. The maximum atomic E-state index is 10.2. The molecule has 0 aliphatic carbocycles. The molecule has 0 saturated carbocycles. The van der Waals surface area contributed by atoms with Gasteiger partial charge in [-0.15, -0.1) is 0 Å². The van der Waals surface area contributed by atoms with Gasteiger partial charge in [-0.1, -0.05) is 0 Å². The first kappa shape index (κ1) is 13.9. The van der Waals surface area contributed by atoms with Gasteiger partial charge in [0.25, 0.3) is 0 Å². The van der Waals surface area contributed by atoms with E-state index in [-0.39, 0.29) is 6.10 Å². The predicted octanol–water partition coefficient (Wildman–Crippen LogP) is 1.01. The summed E-state index contributed by atoms with van der Waals surface area (Å²) in [6.45, 7) is 5.17. The molecule has 1 saturated heterocycles. The number of nitrogens with zero attached hydrogens (tertiary/aromatic N) is 1. The highest BCUT2D eigenvalue weighted by molar-refractivity contribution is 5.53. The van der Waals surface area contributed by atoms with E-state index in [9.17, 15) is 5.11 Å². The highest BCUT2D eigenvalue weighted by Crippen LogP contribution is 2.23. The number of nitrogens with two attached hydrogens (primary N) is 1. The van der Waals surface area contributed by atoms with Crippen LogP contribution in [0.4, 0.5) is 11.5 Å². The third kappa shape index (κ3) is 3.71. The molecule has 1 atom stereocenters. The van der Waals surface area contributed by atoms with Gasteiger partial charge >= 0.3 is 0 Å². The average Bonchev–Trinajstić information content (AvgIpc) is 2.77. The maximum Gasteiger partial charge on any atom is 0.239 e. The number of pyridine rings is 1. The van der Waals surface area contributed by atoms with Crippen molar-refractivity contribution in [3.63, 3.8) is 0 Å². The quantitative estimate of drug-likeness (QED) is 0.738. The van der Waals surface area contributed by atoms with E-state index in [0.717, 1.165) is 0 Å². The van der Waals surface area contributed by atoms with Crippen LogP contribution in [0.15, 0.2) is 12.1 Å². The van der Waals surface area contributed by atoms with Gasteiger partial charge in [0.2, 0.25) is 5.88 Å². The van der Waals surface area contributed by atoms with Gasteiger partial charge in [-0.25, -0.2) is 0 Å². The predicted molar refractivity (Wildman–Crippen MR) is 73.3 cm³/mol. The second-order valence-electron chi connectivity index (χ2n) is 5.14. The number of anilines is 2. The van der Waals surface area contributed by atoms with Gasteiger partial charge in [-0.2, -0.15) is 4.98 Å². The molecular weight excluding hydrogens is 246 g/mol. The molecule has 0 radical (unpaired) electrons. The molecule has 6 heteroatoms. The summed E-state index contributed by atoms with van der Waals surface area (Å²) in [5.41, 5.74) is 5.48. The Morgan fingerprint density at radius 1 is 1.58 bits per heavy atom. The SMILES string of the molecule is CC(C)Oc1nc(NCC2(O)CCOC2)ccc1N. The highest BCUT2D eigenvalue weighted by Gasteiger charge is 2.32. The fraction of sp³-hybridized carbons (Fsp3) is 0.615. The van der Waals surface area contributed by atoms with Crippen molar-refractivity contribution in [1.82, 2.24) is 4.98 Å². The number of hydrogen-bond donors (Lipinski definition) is 3. The number of hydrogen-bond acceptors (Lipinski definition) is 6. The van der Waals surface area contributed by atoms with Crippen molar-refractivity contribution in [2.24, 2.45) is 0 Å². The third-order valence-corrected chi connectivity index (χ3v) is 2.92. The average molecular weight is 267 g/mol. The van der Waals surface area contributed by atoms with Crippen molar-refractivity contribution in [2.75, 3.05) is 30.8 Å². The second kappa shape index (κ2) is 5.63. The molecule has 0 spiro atoms. The molecular formula is C13H21N3O3. The topological polar surface area (TPSA) is 89.6 Å². The second-order valence-corrected chi connectivity index (χ2v) is 5.14. The third-order valence-electron chi connectivity index (χ3n) is 2.92. The normalized spacial score (nSPS) is 22.7. The van der Waals surface area contributed by atoms with Crippen LogP contribution in [0.3, 0.4) is 0 Å². The Labute approximate surface area is 112 Å². The van der Waals surface area contributed by atoms with E-state index in [1.54, 1.807) is 12.1 Å². The molecule has 106 valence electrons. The zero-order valence-corrected chi connectivity index (χ0v) is 11.3. The van der Waals surface area contributed by atoms with Crippen molar-refractivity contribution in [3.8, 4) is 5.88 Å². The zero-order chi connectivity index (χ0) is 13.9. The molecule has 2 rings (SSSR count). The van der Waals surface area contributed by atoms with Crippen LogP contribution in [0, 0.1) is 0 Å². The molecule has 1 unspecified atom stereocenters. The Hall–Kier alpha value is -1.53. The molecule has 1 aliphatic heterocycles. The number of nitrogen functional groups attached to an aromatic ring is 1. The Morgan fingerprint density at radius 3 is 3.00 bits per heavy atom. The number of ether oxygens (including phenoxy) is 2. The molecule has 1 aliphatic rings. The van der Waals surface area contributed by atoms with Crippen molar-refractivity contribution >= 4 is 11.5 Å². The van der Waals surface area contributed by atoms with Crippen LogP contribution in [0.5, 0.6) is 5.88 Å². The minimum Gasteiger partial charge on any atom is -0.473 e. The van der Waals surface area contributed by atoms with E-state index in [2.05, 4.69) is 10.3 Å². The van der Waals surface area contributed by atoms with Gasteiger partial charge in [0.05, 0.1) is 18.4 Å².